The molecule has 0 spiro atoms. The van der Waals surface area contributed by atoms with Gasteiger partial charge in [-0.3, -0.25) is 14.4 Å². The summed E-state index contributed by atoms with van der Waals surface area (Å²) in [5, 5.41) is 2.61. The second-order valence-corrected chi connectivity index (χ2v) is 11.2. The van der Waals surface area contributed by atoms with Gasteiger partial charge in [0.05, 0.1) is 9.77 Å². The van der Waals surface area contributed by atoms with Gasteiger partial charge in [0.25, 0.3) is 17.7 Å². The molecule has 0 radical (unpaired) electrons. The molecule has 1 atom stereocenters. The Labute approximate surface area is 212 Å². The van der Waals surface area contributed by atoms with Crippen molar-refractivity contribution in [2.24, 2.45) is 0 Å². The summed E-state index contributed by atoms with van der Waals surface area (Å²) in [7, 11) is -4.28. The van der Waals surface area contributed by atoms with Crippen molar-refractivity contribution in [3.63, 3.8) is 0 Å². The molecule has 2 heterocycles. The van der Waals surface area contributed by atoms with E-state index in [1.54, 1.807) is 46.7 Å². The monoisotopic (exact) mass is 531 g/mol. The fourth-order valence-corrected chi connectivity index (χ4v) is 5.91. The van der Waals surface area contributed by atoms with Crippen LogP contribution in [0.15, 0.2) is 77.0 Å². The second kappa shape index (κ2) is 10.6. The third-order valence-electron chi connectivity index (χ3n) is 5.58. The number of nitrogens with zero attached hydrogens (tertiary/aromatic N) is 2. The van der Waals surface area contributed by atoms with Crippen molar-refractivity contribution in [2.75, 3.05) is 26.2 Å². The third-order valence-corrected chi connectivity index (χ3v) is 8.57. The Morgan fingerprint density at radius 2 is 1.49 bits per heavy atom. The highest BCUT2D eigenvalue weighted by Gasteiger charge is 2.39. The predicted octanol–water partition coefficient (Wildman–Crippen LogP) is 2.92. The first-order valence-electron chi connectivity index (χ1n) is 10.7. The van der Waals surface area contributed by atoms with Crippen molar-refractivity contribution in [1.82, 2.24) is 15.1 Å². The average molecular weight is 532 g/mol. The van der Waals surface area contributed by atoms with E-state index in [-0.39, 0.29) is 41.9 Å². The number of rotatable bonds is 6. The molecule has 0 bridgehead atoms. The van der Waals surface area contributed by atoms with E-state index in [0.29, 0.717) is 10.6 Å². The van der Waals surface area contributed by atoms with E-state index < -0.39 is 27.0 Å². The van der Waals surface area contributed by atoms with Crippen LogP contribution in [-0.4, -0.2) is 67.5 Å². The molecule has 1 aromatic heterocycles. The molecule has 182 valence electrons. The SMILES string of the molecule is O=C(N[C@H](C(=O)N1CCN(C(=O)c2ccccc2)CC1)S(=O)(=O)c1ccc(Cl)cc1)c1cccs1. The molecule has 0 unspecified atom stereocenters. The Bertz CT molecular complexity index is 1300. The fourth-order valence-electron chi connectivity index (χ4n) is 3.69. The average Bonchev–Trinajstić information content (AvgIpc) is 3.42. The summed E-state index contributed by atoms with van der Waals surface area (Å²) < 4.78 is 26.8. The molecule has 4 rings (SSSR count). The number of sulfone groups is 1. The number of hydrogen-bond donors (Lipinski definition) is 1. The molecule has 1 saturated heterocycles. The van der Waals surface area contributed by atoms with Gasteiger partial charge in [-0.2, -0.15) is 0 Å². The second-order valence-electron chi connectivity index (χ2n) is 7.81. The summed E-state index contributed by atoms with van der Waals surface area (Å²) in [6.07, 6.45) is 0. The number of amides is 3. The third kappa shape index (κ3) is 5.55. The molecule has 11 heteroatoms. The van der Waals surface area contributed by atoms with E-state index in [1.165, 1.54) is 29.2 Å². The summed E-state index contributed by atoms with van der Waals surface area (Å²) in [5.41, 5.74) is 0.540. The molecule has 1 aliphatic rings. The molecule has 3 aromatic rings. The van der Waals surface area contributed by atoms with Gasteiger partial charge in [0.2, 0.25) is 15.2 Å². The lowest BCUT2D eigenvalue weighted by Crippen LogP contribution is -2.57. The largest absolute Gasteiger partial charge is 0.336 e. The van der Waals surface area contributed by atoms with Crippen molar-refractivity contribution in [1.29, 1.82) is 0 Å². The molecule has 0 saturated carbocycles. The molecule has 0 aliphatic carbocycles. The van der Waals surface area contributed by atoms with Crippen LogP contribution >= 0.6 is 22.9 Å². The van der Waals surface area contributed by atoms with Gasteiger partial charge >= 0.3 is 0 Å². The minimum Gasteiger partial charge on any atom is -0.336 e. The zero-order chi connectivity index (χ0) is 25.0. The van der Waals surface area contributed by atoms with E-state index in [4.69, 9.17) is 11.6 Å². The van der Waals surface area contributed by atoms with Crippen LogP contribution in [0.2, 0.25) is 5.02 Å². The minimum atomic E-state index is -4.28. The summed E-state index contributed by atoms with van der Waals surface area (Å²) in [6, 6.07) is 17.4. The van der Waals surface area contributed by atoms with Gasteiger partial charge in [-0.15, -0.1) is 11.3 Å². The highest BCUT2D eigenvalue weighted by atomic mass is 35.5. The fraction of sp³-hybridized carbons (Fsp3) is 0.208. The molecule has 1 aliphatic heterocycles. The van der Waals surface area contributed by atoms with Crippen molar-refractivity contribution >= 4 is 50.5 Å². The lowest BCUT2D eigenvalue weighted by atomic mass is 10.2. The van der Waals surface area contributed by atoms with Gasteiger partial charge in [-0.05, 0) is 47.8 Å². The first kappa shape index (κ1) is 24.9. The van der Waals surface area contributed by atoms with Gasteiger partial charge in [-0.25, -0.2) is 8.42 Å². The Morgan fingerprint density at radius 1 is 0.857 bits per heavy atom. The van der Waals surface area contributed by atoms with Crippen LogP contribution in [0.5, 0.6) is 0 Å². The molecule has 1 fully saturated rings. The number of thiophene rings is 1. The van der Waals surface area contributed by atoms with E-state index in [9.17, 15) is 22.8 Å². The van der Waals surface area contributed by atoms with E-state index in [2.05, 4.69) is 5.32 Å². The lowest BCUT2D eigenvalue weighted by molar-refractivity contribution is -0.132. The molecular weight excluding hydrogens is 510 g/mol. The van der Waals surface area contributed by atoms with Gasteiger partial charge in [0, 0.05) is 36.8 Å². The van der Waals surface area contributed by atoms with Crippen LogP contribution in [0.1, 0.15) is 20.0 Å². The van der Waals surface area contributed by atoms with Crippen LogP contribution in [0.3, 0.4) is 0 Å². The molecule has 3 amide bonds. The number of piperazine rings is 1. The van der Waals surface area contributed by atoms with Gasteiger partial charge in [-0.1, -0.05) is 35.9 Å². The Hall–Kier alpha value is -3.21. The highest BCUT2D eigenvalue weighted by Crippen LogP contribution is 2.21. The number of hydrogen-bond acceptors (Lipinski definition) is 6. The number of halogens is 1. The Morgan fingerprint density at radius 3 is 2.09 bits per heavy atom. The Balaban J connectivity index is 1.54. The van der Waals surface area contributed by atoms with Crippen molar-refractivity contribution in [3.05, 3.63) is 87.6 Å². The van der Waals surface area contributed by atoms with E-state index in [0.717, 1.165) is 11.3 Å². The lowest BCUT2D eigenvalue weighted by Gasteiger charge is -2.36. The molecular formula is C24H22ClN3O5S2. The van der Waals surface area contributed by atoms with Crippen molar-refractivity contribution in [2.45, 2.75) is 10.3 Å². The first-order valence-corrected chi connectivity index (χ1v) is 13.5. The standard InChI is InChI=1S/C24H22ClN3O5S2/c25-18-8-10-19(11-9-18)35(32,33)22(26-21(29)20-7-4-16-34-20)24(31)28-14-12-27(13-15-28)23(30)17-5-2-1-3-6-17/h1-11,16,22H,12-15H2,(H,26,29)/t22-/m0/s1. The number of carbonyl (C=O) groups excluding carboxylic acids is 3. The normalized spacial score (nSPS) is 14.9. The van der Waals surface area contributed by atoms with Gasteiger partial charge < -0.3 is 15.1 Å². The van der Waals surface area contributed by atoms with Crippen LogP contribution in [0, 0.1) is 0 Å². The molecule has 35 heavy (non-hydrogen) atoms. The first-order chi connectivity index (χ1) is 16.8. The van der Waals surface area contributed by atoms with E-state index in [1.807, 2.05) is 6.07 Å². The van der Waals surface area contributed by atoms with Gasteiger partial charge in [0.1, 0.15) is 0 Å². The smallest absolute Gasteiger partial charge is 0.262 e. The maximum absolute atomic E-state index is 13.4. The molecule has 2 aromatic carbocycles. The molecule has 8 nitrogen and oxygen atoms in total. The van der Waals surface area contributed by atoms with Crippen LogP contribution in [0.25, 0.3) is 0 Å². The van der Waals surface area contributed by atoms with E-state index >= 15 is 0 Å². The molecule has 1 N–H and O–H groups in total. The van der Waals surface area contributed by atoms with Crippen LogP contribution in [-0.2, 0) is 14.6 Å². The maximum Gasteiger partial charge on any atom is 0.262 e. The highest BCUT2D eigenvalue weighted by molar-refractivity contribution is 7.92. The number of nitrogens with one attached hydrogen (secondary N) is 1. The quantitative estimate of drug-likeness (QED) is 0.527. The number of carbonyl (C=O) groups is 3. The van der Waals surface area contributed by atoms with Crippen molar-refractivity contribution < 1.29 is 22.8 Å². The topological polar surface area (TPSA) is 104 Å². The maximum atomic E-state index is 13.4. The van der Waals surface area contributed by atoms with Crippen LogP contribution < -0.4 is 5.32 Å². The Kier molecular flexibility index (Phi) is 7.54. The number of benzene rings is 2. The van der Waals surface area contributed by atoms with Gasteiger partial charge in [0.15, 0.2) is 0 Å². The van der Waals surface area contributed by atoms with Crippen LogP contribution in [0.4, 0.5) is 0 Å². The van der Waals surface area contributed by atoms with Crippen molar-refractivity contribution in [3.8, 4) is 0 Å². The minimum absolute atomic E-state index is 0.135. The summed E-state index contributed by atoms with van der Waals surface area (Å²) in [5.74, 6) is -1.57. The zero-order valence-corrected chi connectivity index (χ0v) is 20.9. The predicted molar refractivity (Wildman–Crippen MR) is 133 cm³/mol. The zero-order valence-electron chi connectivity index (χ0n) is 18.5. The summed E-state index contributed by atoms with van der Waals surface area (Å²) in [4.78, 5) is 42.0. The summed E-state index contributed by atoms with van der Waals surface area (Å²) in [6.45, 7) is 0.760. The summed E-state index contributed by atoms with van der Waals surface area (Å²) >= 11 is 7.03.